The maximum absolute atomic E-state index is 11.2. The predicted octanol–water partition coefficient (Wildman–Crippen LogP) is 3.60. The van der Waals surface area contributed by atoms with Crippen LogP contribution in [0, 0.1) is 0 Å². The van der Waals surface area contributed by atoms with Crippen LogP contribution in [-0.4, -0.2) is 5.78 Å². The van der Waals surface area contributed by atoms with Crippen molar-refractivity contribution in [1.82, 2.24) is 0 Å². The molecule has 0 unspecified atom stereocenters. The van der Waals surface area contributed by atoms with Crippen molar-refractivity contribution in [2.24, 2.45) is 0 Å². The predicted molar refractivity (Wildman–Crippen MR) is 58.1 cm³/mol. The van der Waals surface area contributed by atoms with Crippen molar-refractivity contribution in [3.8, 4) is 0 Å². The van der Waals surface area contributed by atoms with Crippen LogP contribution in [0.25, 0.3) is 0 Å². The van der Waals surface area contributed by atoms with E-state index in [4.69, 9.17) is 0 Å². The van der Waals surface area contributed by atoms with Gasteiger partial charge in [-0.05, 0) is 34.8 Å². The molecule has 0 amide bonds. The number of benzene rings is 1. The minimum Gasteiger partial charge on any atom is -0.294 e. The first-order valence-corrected chi connectivity index (χ1v) is 5.24. The molecule has 2 heteroatoms. The number of Topliss-reactive ketones (excluding diaryl/α,β-unsaturated/α-hetero) is 1. The topological polar surface area (TPSA) is 17.1 Å². The second kappa shape index (κ2) is 4.56. The van der Waals surface area contributed by atoms with Crippen LogP contribution in [0.2, 0.25) is 0 Å². The highest BCUT2D eigenvalue weighted by atomic mass is 79.9. The second-order valence-corrected chi connectivity index (χ2v) is 3.88. The van der Waals surface area contributed by atoms with Gasteiger partial charge in [-0.25, -0.2) is 0 Å². The summed E-state index contributed by atoms with van der Waals surface area (Å²) in [7, 11) is 0. The Bertz CT molecular complexity index is 318. The molecule has 0 N–H and O–H groups in total. The molecule has 0 atom stereocenters. The van der Waals surface area contributed by atoms with Gasteiger partial charge in [-0.2, -0.15) is 0 Å². The fraction of sp³-hybridized carbons (Fsp3) is 0.364. The van der Waals surface area contributed by atoms with Crippen molar-refractivity contribution in [2.75, 3.05) is 0 Å². The SMILES string of the molecule is CCCc1cccc(C(C)=O)c1Br. The number of rotatable bonds is 3. The third kappa shape index (κ3) is 2.41. The molecule has 70 valence electrons. The van der Waals surface area contributed by atoms with Crippen LogP contribution in [-0.2, 0) is 6.42 Å². The van der Waals surface area contributed by atoms with Crippen LogP contribution in [0.4, 0.5) is 0 Å². The van der Waals surface area contributed by atoms with Crippen molar-refractivity contribution in [3.05, 3.63) is 33.8 Å². The molecule has 0 aliphatic heterocycles. The molecule has 0 bridgehead atoms. The van der Waals surface area contributed by atoms with E-state index in [2.05, 4.69) is 28.9 Å². The Morgan fingerprint density at radius 1 is 1.46 bits per heavy atom. The van der Waals surface area contributed by atoms with Gasteiger partial charge in [-0.1, -0.05) is 31.5 Å². The van der Waals surface area contributed by atoms with Gasteiger partial charge >= 0.3 is 0 Å². The smallest absolute Gasteiger partial charge is 0.160 e. The second-order valence-electron chi connectivity index (χ2n) is 3.08. The molecule has 1 aromatic carbocycles. The molecule has 1 aromatic rings. The first-order chi connectivity index (χ1) is 6.16. The van der Waals surface area contributed by atoms with Gasteiger partial charge in [0.2, 0.25) is 0 Å². The first-order valence-electron chi connectivity index (χ1n) is 4.45. The Morgan fingerprint density at radius 3 is 2.69 bits per heavy atom. The van der Waals surface area contributed by atoms with Gasteiger partial charge in [0, 0.05) is 10.0 Å². The Morgan fingerprint density at radius 2 is 2.15 bits per heavy atom. The molecule has 0 heterocycles. The van der Waals surface area contributed by atoms with Crippen LogP contribution in [0.3, 0.4) is 0 Å². The molecule has 0 fully saturated rings. The largest absolute Gasteiger partial charge is 0.294 e. The number of hydrogen-bond acceptors (Lipinski definition) is 1. The number of carbonyl (C=O) groups excluding carboxylic acids is 1. The number of halogens is 1. The zero-order valence-corrected chi connectivity index (χ0v) is 9.52. The van der Waals surface area contributed by atoms with Crippen LogP contribution < -0.4 is 0 Å². The highest BCUT2D eigenvalue weighted by Crippen LogP contribution is 2.23. The number of ketones is 1. The van der Waals surface area contributed by atoms with E-state index in [1.54, 1.807) is 6.92 Å². The molecule has 0 aliphatic rings. The first kappa shape index (κ1) is 10.5. The zero-order valence-electron chi connectivity index (χ0n) is 7.93. The van der Waals surface area contributed by atoms with E-state index in [1.165, 1.54) is 5.56 Å². The summed E-state index contributed by atoms with van der Waals surface area (Å²) in [6.45, 7) is 3.72. The van der Waals surface area contributed by atoms with Crippen molar-refractivity contribution >= 4 is 21.7 Å². The number of carbonyl (C=O) groups is 1. The normalized spacial score (nSPS) is 10.1. The lowest BCUT2D eigenvalue weighted by Crippen LogP contribution is -1.96. The van der Waals surface area contributed by atoms with Gasteiger partial charge in [-0.15, -0.1) is 0 Å². The minimum atomic E-state index is 0.116. The summed E-state index contributed by atoms with van der Waals surface area (Å²) >= 11 is 3.46. The highest BCUT2D eigenvalue weighted by Gasteiger charge is 2.07. The van der Waals surface area contributed by atoms with Crippen molar-refractivity contribution in [3.63, 3.8) is 0 Å². The fourth-order valence-corrected chi connectivity index (χ4v) is 2.06. The lowest BCUT2D eigenvalue weighted by Gasteiger charge is -2.05. The third-order valence-electron chi connectivity index (χ3n) is 1.98. The van der Waals surface area contributed by atoms with E-state index < -0.39 is 0 Å². The summed E-state index contributed by atoms with van der Waals surface area (Å²) < 4.78 is 0.962. The van der Waals surface area contributed by atoms with Crippen molar-refractivity contribution in [2.45, 2.75) is 26.7 Å². The lowest BCUT2D eigenvalue weighted by molar-refractivity contribution is 0.101. The molecule has 1 rings (SSSR count). The van der Waals surface area contributed by atoms with Gasteiger partial charge in [0.1, 0.15) is 0 Å². The Labute approximate surface area is 87.3 Å². The van der Waals surface area contributed by atoms with Crippen LogP contribution in [0.5, 0.6) is 0 Å². The van der Waals surface area contributed by atoms with Crippen molar-refractivity contribution < 1.29 is 4.79 Å². The number of aryl methyl sites for hydroxylation is 1. The van der Waals surface area contributed by atoms with Gasteiger partial charge in [0.15, 0.2) is 5.78 Å². The van der Waals surface area contributed by atoms with Crippen LogP contribution in [0.15, 0.2) is 22.7 Å². The Balaban J connectivity index is 3.10. The molecule has 0 saturated heterocycles. The fourth-order valence-electron chi connectivity index (χ4n) is 1.31. The molecular formula is C11H13BrO. The maximum atomic E-state index is 11.2. The molecule has 0 spiro atoms. The third-order valence-corrected chi connectivity index (χ3v) is 2.91. The van der Waals surface area contributed by atoms with E-state index in [9.17, 15) is 4.79 Å². The standard InChI is InChI=1S/C11H13BrO/c1-3-5-9-6-4-7-10(8(2)13)11(9)12/h4,6-7H,3,5H2,1-2H3. The van der Waals surface area contributed by atoms with Crippen molar-refractivity contribution in [1.29, 1.82) is 0 Å². The van der Waals surface area contributed by atoms with E-state index in [0.717, 1.165) is 22.9 Å². The van der Waals surface area contributed by atoms with Gasteiger partial charge in [0.05, 0.1) is 0 Å². The molecule has 0 aliphatic carbocycles. The lowest BCUT2D eigenvalue weighted by atomic mass is 10.0. The zero-order chi connectivity index (χ0) is 9.84. The summed E-state index contributed by atoms with van der Waals surface area (Å²) in [5.41, 5.74) is 2.00. The summed E-state index contributed by atoms with van der Waals surface area (Å²) in [6.07, 6.45) is 2.11. The quantitative estimate of drug-likeness (QED) is 0.739. The molecule has 0 radical (unpaired) electrons. The molecule has 0 saturated carbocycles. The van der Waals surface area contributed by atoms with Gasteiger partial charge in [-0.3, -0.25) is 4.79 Å². The average Bonchev–Trinajstić information content (AvgIpc) is 2.08. The van der Waals surface area contributed by atoms with E-state index >= 15 is 0 Å². The monoisotopic (exact) mass is 240 g/mol. The highest BCUT2D eigenvalue weighted by molar-refractivity contribution is 9.10. The molecule has 1 nitrogen and oxygen atoms in total. The van der Waals surface area contributed by atoms with Gasteiger partial charge in [0.25, 0.3) is 0 Å². The summed E-state index contributed by atoms with van der Waals surface area (Å²) in [5.74, 6) is 0.116. The van der Waals surface area contributed by atoms with Crippen LogP contribution >= 0.6 is 15.9 Å². The molecular weight excluding hydrogens is 228 g/mol. The minimum absolute atomic E-state index is 0.116. The average molecular weight is 241 g/mol. The maximum Gasteiger partial charge on any atom is 0.160 e. The van der Waals surface area contributed by atoms with E-state index in [0.29, 0.717) is 0 Å². The number of hydrogen-bond donors (Lipinski definition) is 0. The molecule has 0 aromatic heterocycles. The Hall–Kier alpha value is -0.630. The summed E-state index contributed by atoms with van der Waals surface area (Å²) in [5, 5.41) is 0. The van der Waals surface area contributed by atoms with E-state index in [-0.39, 0.29) is 5.78 Å². The summed E-state index contributed by atoms with van der Waals surface area (Å²) in [6, 6.07) is 5.85. The van der Waals surface area contributed by atoms with E-state index in [1.807, 2.05) is 12.1 Å². The Kier molecular flexibility index (Phi) is 3.67. The van der Waals surface area contributed by atoms with Crippen LogP contribution in [0.1, 0.15) is 36.2 Å². The summed E-state index contributed by atoms with van der Waals surface area (Å²) in [4.78, 5) is 11.2. The molecule has 13 heavy (non-hydrogen) atoms. The van der Waals surface area contributed by atoms with Gasteiger partial charge < -0.3 is 0 Å².